The van der Waals surface area contributed by atoms with Crippen LogP contribution in [0.1, 0.15) is 75.7 Å². The van der Waals surface area contributed by atoms with Gasteiger partial charge in [0.05, 0.1) is 0 Å². The van der Waals surface area contributed by atoms with E-state index in [-0.39, 0.29) is 40.2 Å². The number of alkyl halides is 4. The average Bonchev–Trinajstić information content (AvgIpc) is 2.84. The Balaban J connectivity index is 2.13. The highest BCUT2D eigenvalue weighted by atomic mass is 32.3. The van der Waals surface area contributed by atoms with Crippen LogP contribution < -0.4 is 0 Å². The number of rotatable bonds is 12. The molecule has 1 fully saturated rings. The van der Waals surface area contributed by atoms with Crippen molar-refractivity contribution in [2.45, 2.75) is 82.5 Å². The first-order valence-electron chi connectivity index (χ1n) is 12.1. The van der Waals surface area contributed by atoms with Crippen LogP contribution in [-0.4, -0.2) is 60.1 Å². The Kier molecular flexibility index (Phi) is 9.97. The zero-order valence-electron chi connectivity index (χ0n) is 21.8. The van der Waals surface area contributed by atoms with E-state index in [9.17, 15) is 39.2 Å². The molecule has 212 valence electrons. The van der Waals surface area contributed by atoms with E-state index in [1.165, 1.54) is 0 Å². The number of hydrogen-bond acceptors (Lipinski definition) is 5. The fourth-order valence-corrected chi connectivity index (χ4v) is 11.6. The number of halogens is 4. The molecule has 0 radical (unpaired) electrons. The maximum absolute atomic E-state index is 13.7. The summed E-state index contributed by atoms with van der Waals surface area (Å²) in [5, 5.41) is -11.7. The molecule has 1 heterocycles. The third-order valence-corrected chi connectivity index (χ3v) is 14.0. The van der Waals surface area contributed by atoms with Gasteiger partial charge in [-0.15, -0.1) is 0 Å². The molecule has 1 aliphatic heterocycles. The highest BCUT2D eigenvalue weighted by Gasteiger charge is 2.83. The Morgan fingerprint density at radius 2 is 1.38 bits per heavy atom. The lowest BCUT2D eigenvalue weighted by atomic mass is 9.87. The van der Waals surface area contributed by atoms with Crippen LogP contribution in [0.4, 0.5) is 17.6 Å². The van der Waals surface area contributed by atoms with Gasteiger partial charge in [-0.1, -0.05) is 67.7 Å². The van der Waals surface area contributed by atoms with Crippen molar-refractivity contribution in [2.24, 2.45) is 5.41 Å². The summed E-state index contributed by atoms with van der Waals surface area (Å²) in [6.45, 7) is 8.99. The summed E-state index contributed by atoms with van der Waals surface area (Å²) in [5.41, 5.74) is 1.30. The Morgan fingerprint density at radius 1 is 0.892 bits per heavy atom. The number of benzene rings is 1. The van der Waals surface area contributed by atoms with Crippen LogP contribution in [0.5, 0.6) is 0 Å². The van der Waals surface area contributed by atoms with E-state index in [0.717, 1.165) is 24.2 Å². The molecule has 0 aliphatic carbocycles. The van der Waals surface area contributed by atoms with E-state index in [1.54, 1.807) is 12.1 Å². The van der Waals surface area contributed by atoms with Gasteiger partial charge in [-0.3, -0.25) is 4.79 Å². The van der Waals surface area contributed by atoms with Crippen LogP contribution >= 0.6 is 0 Å². The molecule has 2 unspecified atom stereocenters. The van der Waals surface area contributed by atoms with Gasteiger partial charge in [-0.2, -0.15) is 17.6 Å². The molecule has 1 aliphatic rings. The largest absolute Gasteiger partial charge is 0.438 e. The van der Waals surface area contributed by atoms with Crippen LogP contribution in [0.2, 0.25) is 0 Å². The van der Waals surface area contributed by atoms with Crippen molar-refractivity contribution in [3.63, 3.8) is 0 Å². The van der Waals surface area contributed by atoms with Gasteiger partial charge in [0.2, 0.25) is 5.78 Å². The zero-order chi connectivity index (χ0) is 28.4. The van der Waals surface area contributed by atoms with Gasteiger partial charge >= 0.3 is 30.6 Å². The topological polar surface area (TPSA) is 88.6 Å². The molecular formula is C24H36F4NO5S3+. The van der Waals surface area contributed by atoms with Crippen LogP contribution in [0.3, 0.4) is 0 Å². The zero-order valence-corrected chi connectivity index (χ0v) is 24.2. The predicted octanol–water partition coefficient (Wildman–Crippen LogP) is 5.34. The quantitative estimate of drug-likeness (QED) is 0.142. The predicted molar refractivity (Wildman–Crippen MR) is 139 cm³/mol. The number of aryl methyl sites for hydroxylation is 1. The smallest absolute Gasteiger partial charge is 0.288 e. The lowest BCUT2D eigenvalue weighted by Gasteiger charge is -2.29. The molecule has 6 nitrogen and oxygen atoms in total. The Bertz CT molecular complexity index is 1120. The second-order valence-corrected chi connectivity index (χ2v) is 16.8. The van der Waals surface area contributed by atoms with Crippen molar-refractivity contribution < 1.29 is 39.2 Å². The molecule has 1 aromatic carbocycles. The molecule has 0 N–H and O–H groups in total. The number of carbonyl (C=O) groups excluding carboxylic acids is 1. The summed E-state index contributed by atoms with van der Waals surface area (Å²) >= 11 is 0. The normalized spacial score (nSPS) is 22.0. The lowest BCUT2D eigenvalue weighted by Crippen LogP contribution is -2.44. The van der Waals surface area contributed by atoms with E-state index < -0.39 is 40.8 Å². The molecule has 37 heavy (non-hydrogen) atoms. The number of ketones is 1. The minimum Gasteiger partial charge on any atom is -0.288 e. The molecule has 0 bridgehead atoms. The first kappa shape index (κ1) is 32.0. The van der Waals surface area contributed by atoms with Gasteiger partial charge in [0, 0.05) is 17.5 Å². The average molecular weight is 591 g/mol. The molecule has 1 aromatic rings. The van der Waals surface area contributed by atoms with Crippen molar-refractivity contribution in [1.82, 2.24) is 3.71 Å². The minimum absolute atomic E-state index is 0.0330. The summed E-state index contributed by atoms with van der Waals surface area (Å²) in [6, 6.07) is 7.37. The number of unbranched alkanes of at least 4 members (excludes halogenated alkanes) is 3. The molecule has 13 heteroatoms. The third-order valence-electron chi connectivity index (χ3n) is 6.22. The van der Waals surface area contributed by atoms with Crippen molar-refractivity contribution >= 4 is 36.7 Å². The number of carbonyl (C=O) groups is 1. The highest BCUT2D eigenvalue weighted by molar-refractivity contribution is 8.08. The first-order chi connectivity index (χ1) is 16.8. The van der Waals surface area contributed by atoms with Crippen molar-refractivity contribution in [1.29, 1.82) is 0 Å². The van der Waals surface area contributed by atoms with Crippen LogP contribution in [0.15, 0.2) is 24.3 Å². The maximum atomic E-state index is 13.7. The molecule has 1 saturated heterocycles. The molecular weight excluding hydrogens is 554 g/mol. The number of hydrogen-bond donors (Lipinski definition) is 0. The monoisotopic (exact) mass is 590 g/mol. The molecule has 0 aromatic heterocycles. The molecule has 2 rings (SSSR count). The summed E-state index contributed by atoms with van der Waals surface area (Å²) in [7, 11) is -12.5. The van der Waals surface area contributed by atoms with Gasteiger partial charge in [0.15, 0.2) is 5.25 Å². The Morgan fingerprint density at radius 3 is 1.84 bits per heavy atom. The first-order valence-corrected chi connectivity index (χ1v) is 16.6. The van der Waals surface area contributed by atoms with E-state index in [1.807, 2.05) is 46.8 Å². The minimum atomic E-state index is -6.05. The Labute approximate surface area is 220 Å². The third kappa shape index (κ3) is 6.19. The van der Waals surface area contributed by atoms with Crippen LogP contribution in [0.25, 0.3) is 0 Å². The Hall–Kier alpha value is -1.18. The summed E-state index contributed by atoms with van der Waals surface area (Å²) in [5.74, 6) is 1.42. The summed E-state index contributed by atoms with van der Waals surface area (Å²) in [6.07, 6.45) is 2.31. The van der Waals surface area contributed by atoms with Gasteiger partial charge in [-0.05, 0) is 43.5 Å². The van der Waals surface area contributed by atoms with E-state index in [2.05, 4.69) is 0 Å². The SMILES string of the molecule is CCCC[S+](CCCCCN1S(=O)(=O)C(F)(F)C(F)(F)S1(=O)=O)C(C(=O)c1ccc(C)cc1)C(C)(C)C. The molecule has 0 spiro atoms. The highest BCUT2D eigenvalue weighted by Crippen LogP contribution is 2.52. The summed E-state index contributed by atoms with van der Waals surface area (Å²) < 4.78 is 101. The van der Waals surface area contributed by atoms with Gasteiger partial charge < -0.3 is 0 Å². The van der Waals surface area contributed by atoms with Crippen molar-refractivity contribution in [3.05, 3.63) is 35.4 Å². The van der Waals surface area contributed by atoms with Crippen LogP contribution in [-0.2, 0) is 30.9 Å². The standard InChI is InChI=1S/C24H36F4NO5S3/c1-6-7-16-35(21(22(3,4)5)20(30)19-13-11-18(2)12-14-19)17-10-8-9-15-29-36(31,32)23(25,26)24(27,28)37(29,33)34/h11-14,21H,6-10,15-17H2,1-5H3/q+1. The number of sulfonamides is 2. The molecule has 0 amide bonds. The van der Waals surface area contributed by atoms with Gasteiger partial charge in [0.1, 0.15) is 11.5 Å². The van der Waals surface area contributed by atoms with Crippen LogP contribution in [0, 0.1) is 12.3 Å². The lowest BCUT2D eigenvalue weighted by molar-refractivity contribution is -0.0920. The second kappa shape index (κ2) is 11.5. The van der Waals surface area contributed by atoms with Gasteiger partial charge in [-0.25, -0.2) is 16.8 Å². The fraction of sp³-hybridized carbons (Fsp3) is 0.708. The van der Waals surface area contributed by atoms with E-state index in [4.69, 9.17) is 0 Å². The van der Waals surface area contributed by atoms with Crippen molar-refractivity contribution in [2.75, 3.05) is 18.1 Å². The van der Waals surface area contributed by atoms with Gasteiger partial charge in [0.25, 0.3) is 0 Å². The molecule has 2 atom stereocenters. The van der Waals surface area contributed by atoms with E-state index in [0.29, 0.717) is 17.7 Å². The number of Topliss-reactive ketones (excluding diaryl/α,β-unsaturated/α-hetero) is 1. The fourth-order valence-electron chi connectivity index (χ4n) is 4.21. The number of nitrogens with zero attached hydrogens (tertiary/aromatic N) is 1. The maximum Gasteiger partial charge on any atom is 0.438 e. The second-order valence-electron chi connectivity index (χ2n) is 10.4. The van der Waals surface area contributed by atoms with Crippen molar-refractivity contribution in [3.8, 4) is 0 Å². The summed E-state index contributed by atoms with van der Waals surface area (Å²) in [4.78, 5) is 13.6. The molecule has 0 saturated carbocycles. The van der Waals surface area contributed by atoms with E-state index >= 15 is 0 Å².